The van der Waals surface area contributed by atoms with Crippen LogP contribution in [0.5, 0.6) is 11.5 Å². The molecule has 130 valence electrons. The minimum absolute atomic E-state index is 0.266. The molecule has 0 aliphatic carbocycles. The molecule has 1 aromatic rings. The fourth-order valence-electron chi connectivity index (χ4n) is 3.23. The van der Waals surface area contributed by atoms with Gasteiger partial charge in [-0.25, -0.2) is 4.79 Å². The molecule has 24 heavy (non-hydrogen) atoms. The van der Waals surface area contributed by atoms with Crippen molar-refractivity contribution < 1.29 is 44.6 Å². The van der Waals surface area contributed by atoms with Gasteiger partial charge in [-0.15, -0.1) is 0 Å². The normalized spacial score (nSPS) is 33.5. The van der Waals surface area contributed by atoms with E-state index in [1.807, 2.05) is 0 Å². The van der Waals surface area contributed by atoms with Gasteiger partial charge in [-0.3, -0.25) is 4.79 Å². The van der Waals surface area contributed by atoms with E-state index in [0.29, 0.717) is 0 Å². The number of aromatic hydroxyl groups is 2. The molecule has 2 aliphatic rings. The summed E-state index contributed by atoms with van der Waals surface area (Å²) in [5.74, 6) is -3.65. The summed E-state index contributed by atoms with van der Waals surface area (Å²) in [6.07, 6.45) is -4.98. The molecule has 2 fully saturated rings. The zero-order chi connectivity index (χ0) is 17.6. The molecule has 3 rings (SSSR count). The first-order chi connectivity index (χ1) is 11.3. The van der Waals surface area contributed by atoms with Crippen molar-refractivity contribution in [1.82, 2.24) is 0 Å². The lowest BCUT2D eigenvalue weighted by atomic mass is 9.77. The van der Waals surface area contributed by atoms with Gasteiger partial charge in [0.1, 0.15) is 12.2 Å². The van der Waals surface area contributed by atoms with E-state index in [4.69, 9.17) is 14.6 Å². The van der Waals surface area contributed by atoms with Crippen LogP contribution < -0.4 is 0 Å². The maximum absolute atomic E-state index is 12.4. The van der Waals surface area contributed by atoms with Crippen LogP contribution in [-0.2, 0) is 19.1 Å². The Morgan fingerprint density at radius 3 is 2.58 bits per heavy atom. The van der Waals surface area contributed by atoms with Gasteiger partial charge in [-0.1, -0.05) is 6.07 Å². The lowest BCUT2D eigenvalue weighted by molar-refractivity contribution is -0.169. The molecular formula is C15H16O9. The molecule has 0 bridgehead atoms. The monoisotopic (exact) mass is 340 g/mol. The Hall–Kier alpha value is -2.36. The standard InChI is InChI=1S/C15H16O9/c16-5-10(19)12-13(21)15(14(22)23-12)7(4-11(20)24-15)6-1-2-8(17)9(18)3-6/h1-3,7,10,12-13,16-19,21H,4-5H2/t7-,10+,12-,13+,15+/m1/s1. The van der Waals surface area contributed by atoms with E-state index in [1.54, 1.807) is 0 Å². The van der Waals surface area contributed by atoms with Crippen molar-refractivity contribution in [3.05, 3.63) is 23.8 Å². The van der Waals surface area contributed by atoms with Gasteiger partial charge in [-0.05, 0) is 17.7 Å². The highest BCUT2D eigenvalue weighted by Gasteiger charge is 2.69. The number of cyclic esters (lactones) is 1. The number of hydrogen-bond acceptors (Lipinski definition) is 9. The zero-order valence-corrected chi connectivity index (χ0v) is 12.3. The molecule has 0 saturated carbocycles. The van der Waals surface area contributed by atoms with Crippen LogP contribution in [0.3, 0.4) is 0 Å². The summed E-state index contributed by atoms with van der Waals surface area (Å²) in [7, 11) is 0. The van der Waals surface area contributed by atoms with E-state index in [1.165, 1.54) is 12.1 Å². The van der Waals surface area contributed by atoms with Crippen LogP contribution in [0.4, 0.5) is 0 Å². The number of aliphatic hydroxyl groups is 3. The van der Waals surface area contributed by atoms with E-state index >= 15 is 0 Å². The molecule has 0 unspecified atom stereocenters. The highest BCUT2D eigenvalue weighted by Crippen LogP contribution is 2.49. The highest BCUT2D eigenvalue weighted by molar-refractivity contribution is 5.91. The van der Waals surface area contributed by atoms with Crippen LogP contribution in [0.25, 0.3) is 0 Å². The molecule has 2 saturated heterocycles. The van der Waals surface area contributed by atoms with Gasteiger partial charge in [0.05, 0.1) is 13.0 Å². The molecule has 5 N–H and O–H groups in total. The van der Waals surface area contributed by atoms with Crippen LogP contribution in [0, 0.1) is 0 Å². The van der Waals surface area contributed by atoms with Crippen molar-refractivity contribution in [2.45, 2.75) is 36.3 Å². The lowest BCUT2D eigenvalue weighted by Gasteiger charge is -2.29. The number of ether oxygens (including phenoxy) is 2. The molecule has 1 spiro atoms. The largest absolute Gasteiger partial charge is 0.504 e. The first kappa shape index (κ1) is 16.5. The number of hydrogen-bond donors (Lipinski definition) is 5. The third kappa shape index (κ3) is 2.20. The summed E-state index contributed by atoms with van der Waals surface area (Å²) >= 11 is 0. The summed E-state index contributed by atoms with van der Waals surface area (Å²) in [6.45, 7) is -0.760. The third-order valence-electron chi connectivity index (χ3n) is 4.45. The maximum Gasteiger partial charge on any atom is 0.354 e. The minimum atomic E-state index is -2.08. The Morgan fingerprint density at radius 2 is 1.96 bits per heavy atom. The molecule has 9 heteroatoms. The van der Waals surface area contributed by atoms with E-state index in [9.17, 15) is 30.0 Å². The SMILES string of the molecule is O=C1C[C@H](c2ccc(O)c(O)c2)[C@@]2(O1)C(=O)O[C@H]([C@@H](O)CO)[C@@H]2O. The zero-order valence-electron chi connectivity index (χ0n) is 12.3. The molecule has 0 amide bonds. The second-order valence-corrected chi connectivity index (χ2v) is 5.84. The Bertz CT molecular complexity index is 688. The van der Waals surface area contributed by atoms with Gasteiger partial charge < -0.3 is 35.0 Å². The Kier molecular flexibility index (Phi) is 3.86. The number of rotatable bonds is 3. The quantitative estimate of drug-likeness (QED) is 0.327. The summed E-state index contributed by atoms with van der Waals surface area (Å²) < 4.78 is 10.0. The smallest absolute Gasteiger partial charge is 0.354 e. The highest BCUT2D eigenvalue weighted by atomic mass is 16.6. The number of phenolic OH excluding ortho intramolecular Hbond substituents is 2. The second kappa shape index (κ2) is 5.62. The van der Waals surface area contributed by atoms with E-state index in [2.05, 4.69) is 0 Å². The number of aliphatic hydroxyl groups excluding tert-OH is 3. The predicted octanol–water partition coefficient (Wildman–Crippen LogP) is -1.49. The second-order valence-electron chi connectivity index (χ2n) is 5.84. The Labute approximate surface area is 135 Å². The van der Waals surface area contributed by atoms with Gasteiger partial charge in [0.2, 0.25) is 5.60 Å². The molecular weight excluding hydrogens is 324 g/mol. The van der Waals surface area contributed by atoms with Crippen LogP contribution >= 0.6 is 0 Å². The van der Waals surface area contributed by atoms with Crippen molar-refractivity contribution in [3.63, 3.8) is 0 Å². The Balaban J connectivity index is 2.05. The Morgan fingerprint density at radius 1 is 1.25 bits per heavy atom. The van der Waals surface area contributed by atoms with Crippen molar-refractivity contribution in [1.29, 1.82) is 0 Å². The maximum atomic E-state index is 12.4. The minimum Gasteiger partial charge on any atom is -0.504 e. The number of carbonyl (C=O) groups excluding carboxylic acids is 2. The number of benzene rings is 1. The van der Waals surface area contributed by atoms with E-state index < -0.39 is 54.1 Å². The fraction of sp³-hybridized carbons (Fsp3) is 0.467. The van der Waals surface area contributed by atoms with Gasteiger partial charge in [0.25, 0.3) is 0 Å². The average Bonchev–Trinajstić information content (AvgIpc) is 3.02. The first-order valence-electron chi connectivity index (χ1n) is 7.23. The predicted molar refractivity (Wildman–Crippen MR) is 74.9 cm³/mol. The molecule has 5 atom stereocenters. The van der Waals surface area contributed by atoms with E-state index in [-0.39, 0.29) is 17.7 Å². The van der Waals surface area contributed by atoms with Crippen LogP contribution in [-0.4, -0.2) is 68.0 Å². The number of carbonyl (C=O) groups is 2. The lowest BCUT2D eigenvalue weighted by Crippen LogP contribution is -2.52. The number of phenols is 2. The molecule has 0 radical (unpaired) electrons. The van der Waals surface area contributed by atoms with Gasteiger partial charge in [0, 0.05) is 5.92 Å². The van der Waals surface area contributed by atoms with Crippen molar-refractivity contribution in [3.8, 4) is 11.5 Å². The van der Waals surface area contributed by atoms with Gasteiger partial charge in [0.15, 0.2) is 17.6 Å². The summed E-state index contributed by atoms with van der Waals surface area (Å²) in [4.78, 5) is 24.2. The topological polar surface area (TPSA) is 154 Å². The summed E-state index contributed by atoms with van der Waals surface area (Å²) in [5.41, 5.74) is -1.81. The molecule has 2 heterocycles. The van der Waals surface area contributed by atoms with Crippen LogP contribution in [0.2, 0.25) is 0 Å². The van der Waals surface area contributed by atoms with E-state index in [0.717, 1.165) is 6.07 Å². The van der Waals surface area contributed by atoms with Crippen molar-refractivity contribution >= 4 is 11.9 Å². The first-order valence-corrected chi connectivity index (χ1v) is 7.23. The van der Waals surface area contributed by atoms with Crippen LogP contribution in [0.1, 0.15) is 17.9 Å². The molecule has 0 aromatic heterocycles. The molecule has 9 nitrogen and oxygen atoms in total. The number of esters is 2. The fourth-order valence-corrected chi connectivity index (χ4v) is 3.23. The summed E-state index contributed by atoms with van der Waals surface area (Å²) in [6, 6.07) is 3.70. The third-order valence-corrected chi connectivity index (χ3v) is 4.45. The molecule has 1 aromatic carbocycles. The van der Waals surface area contributed by atoms with Crippen molar-refractivity contribution in [2.75, 3.05) is 6.61 Å². The summed E-state index contributed by atoms with van der Waals surface area (Å²) in [5, 5.41) is 48.2. The van der Waals surface area contributed by atoms with Crippen LogP contribution in [0.15, 0.2) is 18.2 Å². The molecule has 2 aliphatic heterocycles. The van der Waals surface area contributed by atoms with Gasteiger partial charge in [-0.2, -0.15) is 0 Å². The average molecular weight is 340 g/mol. The van der Waals surface area contributed by atoms with Crippen molar-refractivity contribution in [2.24, 2.45) is 0 Å². The van der Waals surface area contributed by atoms with Gasteiger partial charge >= 0.3 is 11.9 Å².